The lowest BCUT2D eigenvalue weighted by Gasteiger charge is -2.39. The smallest absolute Gasteiger partial charge is 0.320 e. The lowest BCUT2D eigenvalue weighted by molar-refractivity contribution is -0.145. The molecule has 28 heavy (non-hydrogen) atoms. The molecule has 0 aromatic heterocycles. The highest BCUT2D eigenvalue weighted by atomic mass is 16.4. The van der Waals surface area contributed by atoms with Crippen LogP contribution in [0.15, 0.2) is 66.7 Å². The standard InChI is InChI=1S/C25H27NO2/c1-2-18-10-12-20(13-11-18)24(26-16-6-5-9-23(26)25(27)28)22-15-14-19-7-3-4-8-21(19)17-22/h3-4,7-8,10-15,17,23-24H,2,5-6,9,16H2,1H3,(H,27,28). The van der Waals surface area contributed by atoms with E-state index in [-0.39, 0.29) is 6.04 Å². The van der Waals surface area contributed by atoms with Crippen molar-refractivity contribution in [1.29, 1.82) is 0 Å². The van der Waals surface area contributed by atoms with Gasteiger partial charge in [0.2, 0.25) is 0 Å². The maximum absolute atomic E-state index is 12.0. The molecule has 1 aliphatic rings. The second kappa shape index (κ2) is 8.15. The molecule has 2 unspecified atom stereocenters. The number of hydrogen-bond acceptors (Lipinski definition) is 2. The van der Waals surface area contributed by atoms with Gasteiger partial charge < -0.3 is 5.11 Å². The number of nitrogens with zero attached hydrogens (tertiary/aromatic N) is 1. The molecule has 1 N–H and O–H groups in total. The molecule has 1 saturated heterocycles. The van der Waals surface area contributed by atoms with Crippen LogP contribution in [-0.2, 0) is 11.2 Å². The summed E-state index contributed by atoms with van der Waals surface area (Å²) in [7, 11) is 0. The third kappa shape index (κ3) is 3.67. The normalized spacial score (nSPS) is 18.8. The van der Waals surface area contributed by atoms with E-state index in [1.807, 2.05) is 6.07 Å². The van der Waals surface area contributed by atoms with E-state index in [1.165, 1.54) is 21.9 Å². The lowest BCUT2D eigenvalue weighted by atomic mass is 9.90. The number of aryl methyl sites for hydroxylation is 1. The SMILES string of the molecule is CCc1ccc(C(c2ccc3ccccc3c2)N2CCCCC2C(=O)O)cc1. The third-order valence-electron chi connectivity index (χ3n) is 5.95. The summed E-state index contributed by atoms with van der Waals surface area (Å²) in [6, 6.07) is 23.1. The Morgan fingerprint density at radius 3 is 2.43 bits per heavy atom. The molecular formula is C25H27NO2. The number of benzene rings is 3. The quantitative estimate of drug-likeness (QED) is 0.648. The van der Waals surface area contributed by atoms with Crippen LogP contribution in [0.4, 0.5) is 0 Å². The van der Waals surface area contributed by atoms with Crippen molar-refractivity contribution in [3.8, 4) is 0 Å². The van der Waals surface area contributed by atoms with Crippen LogP contribution in [0.25, 0.3) is 10.8 Å². The molecule has 0 amide bonds. The molecule has 0 radical (unpaired) electrons. The van der Waals surface area contributed by atoms with Crippen LogP contribution in [0.1, 0.15) is 48.9 Å². The summed E-state index contributed by atoms with van der Waals surface area (Å²) < 4.78 is 0. The first-order chi connectivity index (χ1) is 13.7. The molecule has 0 saturated carbocycles. The van der Waals surface area contributed by atoms with Crippen molar-refractivity contribution in [2.45, 2.75) is 44.7 Å². The number of carbonyl (C=O) groups is 1. The molecule has 0 aliphatic carbocycles. The number of rotatable bonds is 5. The van der Waals surface area contributed by atoms with Gasteiger partial charge in [0, 0.05) is 0 Å². The van der Waals surface area contributed by atoms with Gasteiger partial charge in [-0.05, 0) is 59.3 Å². The number of carboxylic acids is 1. The molecule has 4 rings (SSSR count). The largest absolute Gasteiger partial charge is 0.480 e. The van der Waals surface area contributed by atoms with Gasteiger partial charge in [0.05, 0.1) is 6.04 Å². The van der Waals surface area contributed by atoms with Crippen LogP contribution in [0.5, 0.6) is 0 Å². The van der Waals surface area contributed by atoms with Crippen LogP contribution in [0.3, 0.4) is 0 Å². The van der Waals surface area contributed by atoms with Gasteiger partial charge in [0.25, 0.3) is 0 Å². The van der Waals surface area contributed by atoms with Gasteiger partial charge in [-0.1, -0.05) is 74.0 Å². The molecule has 0 bridgehead atoms. The predicted molar refractivity (Wildman–Crippen MR) is 114 cm³/mol. The van der Waals surface area contributed by atoms with Gasteiger partial charge in [-0.15, -0.1) is 0 Å². The molecular weight excluding hydrogens is 346 g/mol. The zero-order valence-corrected chi connectivity index (χ0v) is 16.3. The van der Waals surface area contributed by atoms with Crippen LogP contribution < -0.4 is 0 Å². The minimum absolute atomic E-state index is 0.0445. The number of hydrogen-bond donors (Lipinski definition) is 1. The van der Waals surface area contributed by atoms with Crippen LogP contribution >= 0.6 is 0 Å². The van der Waals surface area contributed by atoms with Gasteiger partial charge in [-0.3, -0.25) is 9.69 Å². The molecule has 0 spiro atoms. The Morgan fingerprint density at radius 2 is 1.71 bits per heavy atom. The first kappa shape index (κ1) is 18.7. The number of fused-ring (bicyclic) bond motifs is 1. The number of likely N-dealkylation sites (tertiary alicyclic amines) is 1. The summed E-state index contributed by atoms with van der Waals surface area (Å²) in [6.07, 6.45) is 3.74. The van der Waals surface area contributed by atoms with Gasteiger partial charge in [-0.25, -0.2) is 0 Å². The molecule has 3 heteroatoms. The predicted octanol–water partition coefficient (Wildman–Crippen LogP) is 5.43. The Labute approximate surface area is 166 Å². The van der Waals surface area contributed by atoms with Crippen molar-refractivity contribution in [3.05, 3.63) is 83.4 Å². The van der Waals surface area contributed by atoms with E-state index in [1.54, 1.807) is 0 Å². The molecule has 1 heterocycles. The molecule has 3 aromatic rings. The molecule has 3 aromatic carbocycles. The van der Waals surface area contributed by atoms with Crippen molar-refractivity contribution in [1.82, 2.24) is 4.90 Å². The Morgan fingerprint density at radius 1 is 1.00 bits per heavy atom. The van der Waals surface area contributed by atoms with E-state index in [4.69, 9.17) is 0 Å². The number of piperidine rings is 1. The topological polar surface area (TPSA) is 40.5 Å². The van der Waals surface area contributed by atoms with E-state index < -0.39 is 12.0 Å². The van der Waals surface area contributed by atoms with E-state index >= 15 is 0 Å². The Balaban J connectivity index is 1.82. The van der Waals surface area contributed by atoms with Crippen molar-refractivity contribution in [2.24, 2.45) is 0 Å². The molecule has 1 aliphatic heterocycles. The van der Waals surface area contributed by atoms with Gasteiger partial charge in [-0.2, -0.15) is 0 Å². The fourth-order valence-electron chi connectivity index (χ4n) is 4.42. The van der Waals surface area contributed by atoms with E-state index in [2.05, 4.69) is 72.5 Å². The highest BCUT2D eigenvalue weighted by molar-refractivity contribution is 5.83. The second-order valence-corrected chi connectivity index (χ2v) is 7.69. The van der Waals surface area contributed by atoms with Crippen LogP contribution in [0.2, 0.25) is 0 Å². The van der Waals surface area contributed by atoms with E-state index in [0.717, 1.165) is 31.4 Å². The highest BCUT2D eigenvalue weighted by Gasteiger charge is 2.35. The summed E-state index contributed by atoms with van der Waals surface area (Å²) in [5.74, 6) is -0.712. The van der Waals surface area contributed by atoms with Gasteiger partial charge >= 0.3 is 5.97 Å². The van der Waals surface area contributed by atoms with Gasteiger partial charge in [0.1, 0.15) is 6.04 Å². The van der Waals surface area contributed by atoms with Crippen LogP contribution in [0, 0.1) is 0 Å². The highest BCUT2D eigenvalue weighted by Crippen LogP contribution is 2.35. The van der Waals surface area contributed by atoms with Crippen molar-refractivity contribution < 1.29 is 9.90 Å². The van der Waals surface area contributed by atoms with E-state index in [9.17, 15) is 9.90 Å². The van der Waals surface area contributed by atoms with Crippen LogP contribution in [-0.4, -0.2) is 28.6 Å². The van der Waals surface area contributed by atoms with Crippen molar-refractivity contribution in [3.63, 3.8) is 0 Å². The Bertz CT molecular complexity index is 964. The Hall–Kier alpha value is -2.65. The number of aliphatic carboxylic acids is 1. The fraction of sp³-hybridized carbons (Fsp3) is 0.320. The first-order valence-electron chi connectivity index (χ1n) is 10.2. The molecule has 1 fully saturated rings. The number of carboxylic acid groups (broad SMARTS) is 1. The van der Waals surface area contributed by atoms with E-state index in [0.29, 0.717) is 6.42 Å². The maximum atomic E-state index is 12.0. The van der Waals surface area contributed by atoms with Crippen molar-refractivity contribution in [2.75, 3.05) is 6.54 Å². The zero-order valence-electron chi connectivity index (χ0n) is 16.3. The minimum atomic E-state index is -0.712. The summed E-state index contributed by atoms with van der Waals surface area (Å²) in [4.78, 5) is 14.2. The third-order valence-corrected chi connectivity index (χ3v) is 5.95. The zero-order chi connectivity index (χ0) is 19.5. The fourth-order valence-corrected chi connectivity index (χ4v) is 4.42. The van der Waals surface area contributed by atoms with Crippen molar-refractivity contribution >= 4 is 16.7 Å². The summed E-state index contributed by atoms with van der Waals surface area (Å²) in [6.45, 7) is 2.96. The monoisotopic (exact) mass is 373 g/mol. The average Bonchev–Trinajstić information content (AvgIpc) is 2.74. The summed E-state index contributed by atoms with van der Waals surface area (Å²) in [5.41, 5.74) is 3.63. The first-order valence-corrected chi connectivity index (χ1v) is 10.2. The summed E-state index contributed by atoms with van der Waals surface area (Å²) >= 11 is 0. The maximum Gasteiger partial charge on any atom is 0.320 e. The molecule has 2 atom stereocenters. The molecule has 3 nitrogen and oxygen atoms in total. The lowest BCUT2D eigenvalue weighted by Crippen LogP contribution is -2.46. The molecule has 144 valence electrons. The second-order valence-electron chi connectivity index (χ2n) is 7.69. The van der Waals surface area contributed by atoms with Gasteiger partial charge in [0.15, 0.2) is 0 Å². The minimum Gasteiger partial charge on any atom is -0.480 e. The average molecular weight is 373 g/mol. The summed E-state index contributed by atoms with van der Waals surface area (Å²) in [5, 5.41) is 12.3. The Kier molecular flexibility index (Phi) is 5.45.